The molecule has 4 aromatic carbocycles. The fourth-order valence-corrected chi connectivity index (χ4v) is 4.03. The summed E-state index contributed by atoms with van der Waals surface area (Å²) in [5.74, 6) is -0.504. The standard InChI is InChI=1S/C29H21N5O3S/c35-26(20-11-5-2-6-12-20)32-29(38)30-22-17-15-21(16-18-22)27(36)33-34-25(19-9-3-1-4-10-19)31-24-14-8-7-13-23(24)28(34)37/h1-18H,(H,33,36)(H2,30,32,35,38). The number of benzene rings is 4. The number of hydrogen-bond acceptors (Lipinski definition) is 5. The number of thiocarbonyl (C=S) groups is 1. The molecule has 186 valence electrons. The molecule has 5 aromatic rings. The van der Waals surface area contributed by atoms with Crippen molar-refractivity contribution in [3.63, 3.8) is 0 Å². The van der Waals surface area contributed by atoms with E-state index in [0.717, 1.165) is 0 Å². The first kappa shape index (κ1) is 24.5. The van der Waals surface area contributed by atoms with E-state index in [0.29, 0.717) is 39.1 Å². The van der Waals surface area contributed by atoms with E-state index in [2.05, 4.69) is 21.0 Å². The van der Waals surface area contributed by atoms with E-state index in [1.807, 2.05) is 36.4 Å². The Hall–Kier alpha value is -5.15. The van der Waals surface area contributed by atoms with Gasteiger partial charge in [-0.25, -0.2) is 4.98 Å². The van der Waals surface area contributed by atoms with Gasteiger partial charge in [0.1, 0.15) is 0 Å². The van der Waals surface area contributed by atoms with Crippen LogP contribution < -0.4 is 21.6 Å². The summed E-state index contributed by atoms with van der Waals surface area (Å²) < 4.78 is 1.17. The fraction of sp³-hybridized carbons (Fsp3) is 0. The topological polar surface area (TPSA) is 105 Å². The van der Waals surface area contributed by atoms with Crippen molar-refractivity contribution in [2.45, 2.75) is 0 Å². The fourth-order valence-electron chi connectivity index (χ4n) is 3.82. The second kappa shape index (κ2) is 10.9. The van der Waals surface area contributed by atoms with Crippen LogP contribution in [0.4, 0.5) is 5.69 Å². The molecule has 3 N–H and O–H groups in total. The molecule has 2 amide bonds. The molecule has 0 fully saturated rings. The molecule has 8 nitrogen and oxygen atoms in total. The highest BCUT2D eigenvalue weighted by atomic mass is 32.1. The highest BCUT2D eigenvalue weighted by Crippen LogP contribution is 2.18. The van der Waals surface area contributed by atoms with Gasteiger partial charge in [0, 0.05) is 22.4 Å². The molecule has 38 heavy (non-hydrogen) atoms. The van der Waals surface area contributed by atoms with Gasteiger partial charge in [0.25, 0.3) is 17.4 Å². The molecule has 0 unspecified atom stereocenters. The van der Waals surface area contributed by atoms with Crippen LogP contribution in [0.1, 0.15) is 20.7 Å². The quantitative estimate of drug-likeness (QED) is 0.294. The van der Waals surface area contributed by atoms with Crippen LogP contribution in [0.2, 0.25) is 0 Å². The molecule has 0 atom stereocenters. The number of hydrogen-bond donors (Lipinski definition) is 3. The van der Waals surface area contributed by atoms with Crippen molar-refractivity contribution in [1.29, 1.82) is 0 Å². The van der Waals surface area contributed by atoms with Gasteiger partial charge >= 0.3 is 0 Å². The first-order valence-electron chi connectivity index (χ1n) is 11.7. The first-order chi connectivity index (χ1) is 18.5. The lowest BCUT2D eigenvalue weighted by Crippen LogP contribution is -2.35. The number of aromatic nitrogens is 2. The molecule has 0 bridgehead atoms. The molecular formula is C29H21N5O3S. The molecule has 5 rings (SSSR count). The van der Waals surface area contributed by atoms with Gasteiger partial charge in [-0.2, -0.15) is 4.68 Å². The van der Waals surface area contributed by atoms with Crippen LogP contribution in [-0.2, 0) is 0 Å². The minimum atomic E-state index is -0.493. The zero-order valence-corrected chi connectivity index (χ0v) is 20.7. The van der Waals surface area contributed by atoms with Gasteiger partial charge in [0.05, 0.1) is 10.9 Å². The lowest BCUT2D eigenvalue weighted by Gasteiger charge is -2.15. The second-order valence-electron chi connectivity index (χ2n) is 8.25. The molecular weight excluding hydrogens is 498 g/mol. The molecule has 0 aliphatic rings. The summed E-state index contributed by atoms with van der Waals surface area (Å²) in [6, 6.07) is 31.3. The lowest BCUT2D eigenvalue weighted by atomic mass is 10.2. The van der Waals surface area contributed by atoms with Gasteiger partial charge in [0.15, 0.2) is 10.9 Å². The van der Waals surface area contributed by atoms with Crippen LogP contribution in [0.5, 0.6) is 0 Å². The molecule has 0 saturated carbocycles. The Labute approximate surface area is 222 Å². The second-order valence-corrected chi connectivity index (χ2v) is 8.66. The van der Waals surface area contributed by atoms with Crippen LogP contribution in [0, 0.1) is 0 Å². The van der Waals surface area contributed by atoms with Gasteiger partial charge in [-0.3, -0.25) is 25.1 Å². The molecule has 0 aliphatic carbocycles. The van der Waals surface area contributed by atoms with Crippen molar-refractivity contribution in [2.24, 2.45) is 0 Å². The van der Waals surface area contributed by atoms with E-state index in [-0.39, 0.29) is 16.6 Å². The highest BCUT2D eigenvalue weighted by molar-refractivity contribution is 7.80. The van der Waals surface area contributed by atoms with Gasteiger partial charge in [-0.15, -0.1) is 0 Å². The number of fused-ring (bicyclic) bond motifs is 1. The van der Waals surface area contributed by atoms with Gasteiger partial charge < -0.3 is 5.32 Å². The maximum absolute atomic E-state index is 13.3. The predicted molar refractivity (Wildman–Crippen MR) is 152 cm³/mol. The maximum Gasteiger partial charge on any atom is 0.280 e. The molecule has 0 radical (unpaired) electrons. The Kier molecular flexibility index (Phi) is 7.01. The largest absolute Gasteiger partial charge is 0.332 e. The number of nitrogens with zero attached hydrogens (tertiary/aromatic N) is 2. The van der Waals surface area contributed by atoms with Gasteiger partial charge in [-0.1, -0.05) is 60.7 Å². The normalized spacial score (nSPS) is 10.5. The van der Waals surface area contributed by atoms with Crippen molar-refractivity contribution < 1.29 is 9.59 Å². The molecule has 0 aliphatic heterocycles. The minimum absolute atomic E-state index is 0.123. The molecule has 0 spiro atoms. The monoisotopic (exact) mass is 519 g/mol. The first-order valence-corrected chi connectivity index (χ1v) is 12.1. The number of carbonyl (C=O) groups excluding carboxylic acids is 2. The van der Waals surface area contributed by atoms with Crippen molar-refractivity contribution in [2.75, 3.05) is 10.7 Å². The smallest absolute Gasteiger partial charge is 0.280 e. The molecule has 9 heteroatoms. The van der Waals surface area contributed by atoms with Crippen LogP contribution in [0.3, 0.4) is 0 Å². The average Bonchev–Trinajstić information content (AvgIpc) is 2.95. The summed E-state index contributed by atoms with van der Waals surface area (Å²) in [6.07, 6.45) is 0. The van der Waals surface area contributed by atoms with Crippen LogP contribution in [-0.4, -0.2) is 26.6 Å². The minimum Gasteiger partial charge on any atom is -0.332 e. The summed E-state index contributed by atoms with van der Waals surface area (Å²) in [7, 11) is 0. The number of anilines is 1. The lowest BCUT2D eigenvalue weighted by molar-refractivity contribution is 0.0975. The number of rotatable bonds is 5. The number of nitrogens with one attached hydrogen (secondary N) is 3. The number of carbonyl (C=O) groups is 2. The molecule has 1 aromatic heterocycles. The van der Waals surface area contributed by atoms with Crippen molar-refractivity contribution in [3.8, 4) is 11.4 Å². The summed E-state index contributed by atoms with van der Waals surface area (Å²) in [4.78, 5) is 43.3. The summed E-state index contributed by atoms with van der Waals surface area (Å²) in [5, 5.41) is 6.04. The van der Waals surface area contributed by atoms with E-state index in [4.69, 9.17) is 12.2 Å². The van der Waals surface area contributed by atoms with Crippen LogP contribution in [0.25, 0.3) is 22.3 Å². The van der Waals surface area contributed by atoms with E-state index in [9.17, 15) is 14.4 Å². The van der Waals surface area contributed by atoms with Crippen LogP contribution in [0.15, 0.2) is 114 Å². The number of para-hydroxylation sites is 1. The third-order valence-corrected chi connectivity index (χ3v) is 5.89. The maximum atomic E-state index is 13.3. The Morgan fingerprint density at radius 3 is 2.03 bits per heavy atom. The zero-order chi connectivity index (χ0) is 26.5. The Morgan fingerprint density at radius 2 is 1.32 bits per heavy atom. The van der Waals surface area contributed by atoms with E-state index < -0.39 is 5.91 Å². The Bertz CT molecular complexity index is 1700. The van der Waals surface area contributed by atoms with Gasteiger partial charge in [-0.05, 0) is 60.7 Å². The SMILES string of the molecule is O=C(NC(=S)Nc1ccc(C(=O)Nn2c(-c3ccccc3)nc3ccccc3c2=O)cc1)c1ccccc1. The average molecular weight is 520 g/mol. The van der Waals surface area contributed by atoms with Crippen molar-refractivity contribution in [1.82, 2.24) is 15.0 Å². The third kappa shape index (κ3) is 5.32. The Morgan fingerprint density at radius 1 is 0.711 bits per heavy atom. The van der Waals surface area contributed by atoms with Gasteiger partial charge in [0.2, 0.25) is 0 Å². The molecule has 0 saturated heterocycles. The van der Waals surface area contributed by atoms with E-state index in [1.165, 1.54) is 4.68 Å². The van der Waals surface area contributed by atoms with Crippen molar-refractivity contribution in [3.05, 3.63) is 131 Å². The Balaban J connectivity index is 1.34. The summed E-state index contributed by atoms with van der Waals surface area (Å²) >= 11 is 5.23. The van der Waals surface area contributed by atoms with E-state index in [1.54, 1.807) is 72.8 Å². The third-order valence-electron chi connectivity index (χ3n) is 5.69. The highest BCUT2D eigenvalue weighted by Gasteiger charge is 2.16. The van der Waals surface area contributed by atoms with E-state index >= 15 is 0 Å². The predicted octanol–water partition coefficient (Wildman–Crippen LogP) is 4.57. The van der Waals surface area contributed by atoms with Crippen molar-refractivity contribution >= 4 is 45.7 Å². The zero-order valence-electron chi connectivity index (χ0n) is 19.9. The number of amides is 2. The summed E-state index contributed by atoms with van der Waals surface area (Å²) in [6.45, 7) is 0. The molecule has 1 heterocycles. The van der Waals surface area contributed by atoms with Crippen LogP contribution >= 0.6 is 12.2 Å². The summed E-state index contributed by atoms with van der Waals surface area (Å²) in [5.41, 5.74) is 4.89.